The highest BCUT2D eigenvalue weighted by Gasteiger charge is 2.16. The van der Waals surface area contributed by atoms with E-state index in [0.29, 0.717) is 6.10 Å². The highest BCUT2D eigenvalue weighted by molar-refractivity contribution is 5.34. The fraction of sp³-hybridized carbons (Fsp3) is 0.615. The summed E-state index contributed by atoms with van der Waals surface area (Å²) in [5, 5.41) is 3.24. The summed E-state index contributed by atoms with van der Waals surface area (Å²) in [4.78, 5) is 6.98. The van der Waals surface area contributed by atoms with Gasteiger partial charge in [0.15, 0.2) is 0 Å². The first-order valence-corrected chi connectivity index (χ1v) is 6.31. The number of nitrogens with zero attached hydrogens (tertiary/aromatic N) is 2. The van der Waals surface area contributed by atoms with Gasteiger partial charge in [0.25, 0.3) is 0 Å². The summed E-state index contributed by atoms with van der Waals surface area (Å²) in [6.07, 6.45) is 0.334. The van der Waals surface area contributed by atoms with Gasteiger partial charge in [0.05, 0.1) is 18.4 Å². The van der Waals surface area contributed by atoms with Crippen LogP contribution in [-0.2, 0) is 11.3 Å². The van der Waals surface area contributed by atoms with Crippen molar-refractivity contribution in [3.8, 4) is 0 Å². The minimum Gasteiger partial charge on any atom is -0.376 e. The molecule has 1 aliphatic heterocycles. The van der Waals surface area contributed by atoms with Gasteiger partial charge < -0.3 is 10.1 Å². The Hall–Kier alpha value is -1.13. The fourth-order valence-corrected chi connectivity index (χ4v) is 2.11. The third kappa shape index (κ3) is 3.68. The second kappa shape index (κ2) is 5.98. The average Bonchev–Trinajstić information content (AvgIpc) is 2.30. The van der Waals surface area contributed by atoms with Gasteiger partial charge in [-0.05, 0) is 26.0 Å². The first-order chi connectivity index (χ1) is 8.28. The van der Waals surface area contributed by atoms with Gasteiger partial charge >= 0.3 is 0 Å². The van der Waals surface area contributed by atoms with Crippen molar-refractivity contribution in [1.29, 1.82) is 0 Å². The largest absolute Gasteiger partial charge is 0.376 e. The molecule has 1 aromatic heterocycles. The van der Waals surface area contributed by atoms with E-state index >= 15 is 0 Å². The van der Waals surface area contributed by atoms with E-state index in [2.05, 4.69) is 41.2 Å². The van der Waals surface area contributed by atoms with E-state index in [-0.39, 0.29) is 0 Å². The topological polar surface area (TPSA) is 37.4 Å². The van der Waals surface area contributed by atoms with Crippen LogP contribution in [0.3, 0.4) is 0 Å². The molecule has 0 spiro atoms. The van der Waals surface area contributed by atoms with Crippen molar-refractivity contribution < 1.29 is 4.74 Å². The van der Waals surface area contributed by atoms with Crippen LogP contribution in [0.1, 0.15) is 19.5 Å². The molecule has 94 valence electrons. The Morgan fingerprint density at radius 1 is 1.53 bits per heavy atom. The summed E-state index contributed by atoms with van der Waals surface area (Å²) in [7, 11) is 0. The predicted molar refractivity (Wildman–Crippen MR) is 69.1 cm³/mol. The fourth-order valence-electron chi connectivity index (χ4n) is 2.11. The molecule has 1 atom stereocenters. The highest BCUT2D eigenvalue weighted by Crippen LogP contribution is 2.10. The van der Waals surface area contributed by atoms with Crippen molar-refractivity contribution in [3.63, 3.8) is 0 Å². The number of hydrogen-bond donors (Lipinski definition) is 1. The van der Waals surface area contributed by atoms with Crippen LogP contribution in [0, 0.1) is 0 Å². The molecule has 0 saturated carbocycles. The highest BCUT2D eigenvalue weighted by atomic mass is 16.5. The summed E-state index contributed by atoms with van der Waals surface area (Å²) in [5.41, 5.74) is 1.12. The van der Waals surface area contributed by atoms with Gasteiger partial charge in [-0.2, -0.15) is 0 Å². The SMILES string of the molecule is CCNc1cccc(CN2CCOC(C)C2)n1. The van der Waals surface area contributed by atoms with Crippen LogP contribution in [0.25, 0.3) is 0 Å². The Labute approximate surface area is 103 Å². The minimum atomic E-state index is 0.334. The van der Waals surface area contributed by atoms with Crippen LogP contribution in [0.15, 0.2) is 18.2 Å². The van der Waals surface area contributed by atoms with Crippen LogP contribution >= 0.6 is 0 Å². The quantitative estimate of drug-likeness (QED) is 0.862. The molecule has 4 heteroatoms. The van der Waals surface area contributed by atoms with Crippen LogP contribution in [-0.4, -0.2) is 42.2 Å². The van der Waals surface area contributed by atoms with Gasteiger partial charge in [-0.3, -0.25) is 4.90 Å². The second-order valence-corrected chi connectivity index (χ2v) is 4.46. The molecule has 1 saturated heterocycles. The summed E-state index contributed by atoms with van der Waals surface area (Å²) in [6.45, 7) is 8.84. The average molecular weight is 235 g/mol. The second-order valence-electron chi connectivity index (χ2n) is 4.46. The molecule has 1 unspecified atom stereocenters. The molecule has 4 nitrogen and oxygen atoms in total. The third-order valence-electron chi connectivity index (χ3n) is 2.88. The van der Waals surface area contributed by atoms with Gasteiger partial charge in [0.1, 0.15) is 5.82 Å². The van der Waals surface area contributed by atoms with Crippen LogP contribution in [0.4, 0.5) is 5.82 Å². The Morgan fingerprint density at radius 3 is 3.18 bits per heavy atom. The molecule has 17 heavy (non-hydrogen) atoms. The van der Waals surface area contributed by atoms with E-state index in [9.17, 15) is 0 Å². The molecule has 1 aliphatic rings. The predicted octanol–water partition coefficient (Wildman–Crippen LogP) is 1.73. The zero-order valence-corrected chi connectivity index (χ0v) is 10.6. The molecule has 0 bridgehead atoms. The molecule has 0 amide bonds. The molecule has 0 aromatic carbocycles. The first kappa shape index (κ1) is 12.3. The zero-order valence-electron chi connectivity index (χ0n) is 10.6. The van der Waals surface area contributed by atoms with E-state index in [1.165, 1.54) is 0 Å². The molecular weight excluding hydrogens is 214 g/mol. The standard InChI is InChI=1S/C13H21N3O/c1-3-14-13-6-4-5-12(15-13)10-16-7-8-17-11(2)9-16/h4-6,11H,3,7-10H2,1-2H3,(H,14,15). The van der Waals surface area contributed by atoms with Gasteiger partial charge in [0.2, 0.25) is 0 Å². The van der Waals surface area contributed by atoms with Crippen molar-refractivity contribution in [3.05, 3.63) is 23.9 Å². The number of pyridine rings is 1. The molecular formula is C13H21N3O. The number of nitrogens with one attached hydrogen (secondary N) is 1. The maximum absolute atomic E-state index is 5.53. The van der Waals surface area contributed by atoms with Crippen molar-refractivity contribution >= 4 is 5.82 Å². The van der Waals surface area contributed by atoms with Crippen molar-refractivity contribution in [2.75, 3.05) is 31.6 Å². The third-order valence-corrected chi connectivity index (χ3v) is 2.88. The summed E-state index contributed by atoms with van der Waals surface area (Å²) < 4.78 is 5.53. The Bertz CT molecular complexity index is 356. The maximum atomic E-state index is 5.53. The lowest BCUT2D eigenvalue weighted by molar-refractivity contribution is -0.0215. The van der Waals surface area contributed by atoms with E-state index in [1.807, 2.05) is 6.07 Å². The lowest BCUT2D eigenvalue weighted by Crippen LogP contribution is -2.40. The van der Waals surface area contributed by atoms with Crippen LogP contribution in [0.2, 0.25) is 0 Å². The number of rotatable bonds is 4. The van der Waals surface area contributed by atoms with Crippen molar-refractivity contribution in [2.24, 2.45) is 0 Å². The number of anilines is 1. The monoisotopic (exact) mass is 235 g/mol. The van der Waals surface area contributed by atoms with E-state index in [0.717, 1.165) is 44.3 Å². The van der Waals surface area contributed by atoms with Crippen LogP contribution in [0.5, 0.6) is 0 Å². The lowest BCUT2D eigenvalue weighted by Gasteiger charge is -2.30. The smallest absolute Gasteiger partial charge is 0.126 e. The number of hydrogen-bond acceptors (Lipinski definition) is 4. The van der Waals surface area contributed by atoms with Crippen LogP contribution < -0.4 is 5.32 Å². The van der Waals surface area contributed by atoms with E-state index in [1.54, 1.807) is 0 Å². The molecule has 2 rings (SSSR count). The summed E-state index contributed by atoms with van der Waals surface area (Å²) in [5.74, 6) is 0.964. The van der Waals surface area contributed by atoms with Crippen molar-refractivity contribution in [2.45, 2.75) is 26.5 Å². The minimum absolute atomic E-state index is 0.334. The van der Waals surface area contributed by atoms with Gasteiger partial charge in [0, 0.05) is 26.2 Å². The first-order valence-electron chi connectivity index (χ1n) is 6.31. The summed E-state index contributed by atoms with van der Waals surface area (Å²) in [6, 6.07) is 6.15. The van der Waals surface area contributed by atoms with E-state index in [4.69, 9.17) is 4.74 Å². The Balaban J connectivity index is 1.95. The molecule has 1 fully saturated rings. The van der Waals surface area contributed by atoms with Gasteiger partial charge in [-0.15, -0.1) is 0 Å². The molecule has 1 N–H and O–H groups in total. The zero-order chi connectivity index (χ0) is 12.1. The number of ether oxygens (including phenoxy) is 1. The Kier molecular flexibility index (Phi) is 4.34. The Morgan fingerprint density at radius 2 is 2.41 bits per heavy atom. The lowest BCUT2D eigenvalue weighted by atomic mass is 10.2. The molecule has 1 aromatic rings. The van der Waals surface area contributed by atoms with E-state index < -0.39 is 0 Å². The van der Waals surface area contributed by atoms with Crippen molar-refractivity contribution in [1.82, 2.24) is 9.88 Å². The molecule has 2 heterocycles. The number of morpholine rings is 1. The molecule has 0 radical (unpaired) electrons. The number of aromatic nitrogens is 1. The van der Waals surface area contributed by atoms with Gasteiger partial charge in [-0.1, -0.05) is 6.07 Å². The maximum Gasteiger partial charge on any atom is 0.126 e. The summed E-state index contributed by atoms with van der Waals surface area (Å²) >= 11 is 0. The molecule has 0 aliphatic carbocycles. The van der Waals surface area contributed by atoms with Gasteiger partial charge in [-0.25, -0.2) is 4.98 Å². The normalized spacial score (nSPS) is 21.4.